The summed E-state index contributed by atoms with van der Waals surface area (Å²) < 4.78 is 0. The third-order valence-electron chi connectivity index (χ3n) is 3.61. The molecule has 0 bridgehead atoms. The number of Topliss-reactive ketones (excluding diaryl/α,β-unsaturated/α-hetero) is 1. The first-order chi connectivity index (χ1) is 8.58. The molecule has 1 heterocycles. The Balaban J connectivity index is 1.98. The van der Waals surface area contributed by atoms with Crippen LogP contribution in [0.2, 0.25) is 10.0 Å². The lowest BCUT2D eigenvalue weighted by molar-refractivity contribution is -0.122. The molecule has 0 unspecified atom stereocenters. The fourth-order valence-electron chi connectivity index (χ4n) is 2.40. The SMILES string of the molecule is CC(=O)C1CCN(Cc2c(Cl)cccc2Cl)CC1. The van der Waals surface area contributed by atoms with Crippen molar-refractivity contribution in [3.63, 3.8) is 0 Å². The van der Waals surface area contributed by atoms with Gasteiger partial charge in [-0.1, -0.05) is 29.3 Å². The quantitative estimate of drug-likeness (QED) is 0.842. The summed E-state index contributed by atoms with van der Waals surface area (Å²) in [7, 11) is 0. The number of likely N-dealkylation sites (tertiary alicyclic amines) is 1. The molecule has 1 saturated heterocycles. The monoisotopic (exact) mass is 285 g/mol. The van der Waals surface area contributed by atoms with Crippen molar-refractivity contribution in [3.8, 4) is 0 Å². The van der Waals surface area contributed by atoms with Crippen LogP contribution in [0.4, 0.5) is 0 Å². The van der Waals surface area contributed by atoms with Gasteiger partial charge in [0.1, 0.15) is 5.78 Å². The van der Waals surface area contributed by atoms with Crippen molar-refractivity contribution in [2.45, 2.75) is 26.3 Å². The van der Waals surface area contributed by atoms with Crippen LogP contribution in [0.3, 0.4) is 0 Å². The van der Waals surface area contributed by atoms with E-state index in [1.807, 2.05) is 18.2 Å². The zero-order chi connectivity index (χ0) is 13.1. The molecule has 2 rings (SSSR count). The number of hydrogen-bond acceptors (Lipinski definition) is 2. The van der Waals surface area contributed by atoms with Crippen LogP contribution in [-0.2, 0) is 11.3 Å². The fourth-order valence-corrected chi connectivity index (χ4v) is 2.92. The molecule has 0 saturated carbocycles. The molecule has 0 N–H and O–H groups in total. The van der Waals surface area contributed by atoms with Gasteiger partial charge in [-0.15, -0.1) is 0 Å². The van der Waals surface area contributed by atoms with Crippen molar-refractivity contribution in [3.05, 3.63) is 33.8 Å². The van der Waals surface area contributed by atoms with E-state index in [0.717, 1.165) is 48.1 Å². The molecule has 0 atom stereocenters. The molecule has 1 aromatic carbocycles. The standard InChI is InChI=1S/C14H17Cl2NO/c1-10(18)11-5-7-17(8-6-11)9-12-13(15)3-2-4-14(12)16/h2-4,11H,5-9H2,1H3. The van der Waals surface area contributed by atoms with E-state index in [4.69, 9.17) is 23.2 Å². The maximum absolute atomic E-state index is 11.3. The Morgan fingerprint density at radius 3 is 2.33 bits per heavy atom. The van der Waals surface area contributed by atoms with Crippen molar-refractivity contribution in [2.75, 3.05) is 13.1 Å². The minimum absolute atomic E-state index is 0.239. The van der Waals surface area contributed by atoms with E-state index in [1.165, 1.54) is 0 Å². The Labute approximate surface area is 118 Å². The molecular weight excluding hydrogens is 269 g/mol. The number of halogens is 2. The van der Waals surface area contributed by atoms with E-state index in [2.05, 4.69) is 4.90 Å². The third kappa shape index (κ3) is 3.25. The summed E-state index contributed by atoms with van der Waals surface area (Å²) in [6, 6.07) is 5.59. The molecule has 0 radical (unpaired) electrons. The van der Waals surface area contributed by atoms with Crippen LogP contribution < -0.4 is 0 Å². The molecule has 1 aliphatic rings. The average molecular weight is 286 g/mol. The van der Waals surface area contributed by atoms with Gasteiger partial charge in [-0.3, -0.25) is 9.69 Å². The van der Waals surface area contributed by atoms with Crippen LogP contribution >= 0.6 is 23.2 Å². The Bertz CT molecular complexity index is 419. The molecule has 0 amide bonds. The van der Waals surface area contributed by atoms with Gasteiger partial charge < -0.3 is 0 Å². The first-order valence-electron chi connectivity index (χ1n) is 6.23. The summed E-state index contributed by atoms with van der Waals surface area (Å²) in [5, 5.41) is 1.44. The summed E-state index contributed by atoms with van der Waals surface area (Å²) in [5.74, 6) is 0.549. The number of benzene rings is 1. The molecule has 4 heteroatoms. The number of nitrogens with zero attached hydrogens (tertiary/aromatic N) is 1. The maximum atomic E-state index is 11.3. The van der Waals surface area contributed by atoms with Crippen molar-refractivity contribution in [1.82, 2.24) is 4.90 Å². The lowest BCUT2D eigenvalue weighted by atomic mass is 9.93. The first kappa shape index (κ1) is 13.9. The van der Waals surface area contributed by atoms with Gasteiger partial charge in [0.25, 0.3) is 0 Å². The van der Waals surface area contributed by atoms with Gasteiger partial charge >= 0.3 is 0 Å². The normalized spacial score (nSPS) is 17.9. The second-order valence-electron chi connectivity index (χ2n) is 4.86. The van der Waals surface area contributed by atoms with Crippen LogP contribution in [0, 0.1) is 5.92 Å². The lowest BCUT2D eigenvalue weighted by Crippen LogP contribution is -2.35. The Kier molecular flexibility index (Phi) is 4.66. The predicted molar refractivity (Wildman–Crippen MR) is 75.1 cm³/mol. The zero-order valence-corrected chi connectivity index (χ0v) is 12.0. The Morgan fingerprint density at radius 1 is 1.28 bits per heavy atom. The molecule has 1 fully saturated rings. The molecule has 18 heavy (non-hydrogen) atoms. The number of carbonyl (C=O) groups excluding carboxylic acids is 1. The van der Waals surface area contributed by atoms with Crippen molar-refractivity contribution < 1.29 is 4.79 Å². The summed E-state index contributed by atoms with van der Waals surface area (Å²) in [6.07, 6.45) is 1.88. The van der Waals surface area contributed by atoms with Crippen LogP contribution in [0.15, 0.2) is 18.2 Å². The molecular formula is C14H17Cl2NO. The molecule has 1 aromatic rings. The summed E-state index contributed by atoms with van der Waals surface area (Å²) in [5.41, 5.74) is 0.988. The smallest absolute Gasteiger partial charge is 0.133 e. The van der Waals surface area contributed by atoms with Gasteiger partial charge in [0, 0.05) is 28.1 Å². The molecule has 2 nitrogen and oxygen atoms in total. The van der Waals surface area contributed by atoms with E-state index in [-0.39, 0.29) is 5.92 Å². The van der Waals surface area contributed by atoms with E-state index < -0.39 is 0 Å². The van der Waals surface area contributed by atoms with Crippen molar-refractivity contribution >= 4 is 29.0 Å². The Morgan fingerprint density at radius 2 is 1.83 bits per heavy atom. The second kappa shape index (κ2) is 6.05. The van der Waals surface area contributed by atoms with Crippen LogP contribution in [0.5, 0.6) is 0 Å². The summed E-state index contributed by atoms with van der Waals surface area (Å²) in [6.45, 7) is 4.33. The summed E-state index contributed by atoms with van der Waals surface area (Å²) >= 11 is 12.3. The number of carbonyl (C=O) groups is 1. The van der Waals surface area contributed by atoms with Gasteiger partial charge in [-0.25, -0.2) is 0 Å². The molecule has 0 aromatic heterocycles. The highest BCUT2D eigenvalue weighted by Crippen LogP contribution is 2.27. The zero-order valence-electron chi connectivity index (χ0n) is 10.5. The topological polar surface area (TPSA) is 20.3 Å². The maximum Gasteiger partial charge on any atom is 0.133 e. The number of ketones is 1. The van der Waals surface area contributed by atoms with E-state index in [0.29, 0.717) is 5.78 Å². The number of hydrogen-bond donors (Lipinski definition) is 0. The predicted octanol–water partition coefficient (Wildman–Crippen LogP) is 3.79. The average Bonchev–Trinajstić information content (AvgIpc) is 2.34. The molecule has 0 aliphatic carbocycles. The number of piperidine rings is 1. The Hall–Kier alpha value is -0.570. The van der Waals surface area contributed by atoms with Crippen LogP contribution in [-0.4, -0.2) is 23.8 Å². The number of rotatable bonds is 3. The molecule has 98 valence electrons. The molecule has 0 spiro atoms. The van der Waals surface area contributed by atoms with Crippen LogP contribution in [0.1, 0.15) is 25.3 Å². The summed E-state index contributed by atoms with van der Waals surface area (Å²) in [4.78, 5) is 13.6. The fraction of sp³-hybridized carbons (Fsp3) is 0.500. The first-order valence-corrected chi connectivity index (χ1v) is 6.99. The van der Waals surface area contributed by atoms with Gasteiger partial charge in [0.15, 0.2) is 0 Å². The largest absolute Gasteiger partial charge is 0.300 e. The third-order valence-corrected chi connectivity index (χ3v) is 4.31. The highest BCUT2D eigenvalue weighted by molar-refractivity contribution is 6.35. The van der Waals surface area contributed by atoms with Gasteiger partial charge in [-0.2, -0.15) is 0 Å². The van der Waals surface area contributed by atoms with Gasteiger partial charge in [0.05, 0.1) is 0 Å². The minimum Gasteiger partial charge on any atom is -0.300 e. The van der Waals surface area contributed by atoms with E-state index >= 15 is 0 Å². The van der Waals surface area contributed by atoms with Crippen molar-refractivity contribution in [2.24, 2.45) is 5.92 Å². The van der Waals surface area contributed by atoms with E-state index in [1.54, 1.807) is 6.92 Å². The minimum atomic E-state index is 0.239. The van der Waals surface area contributed by atoms with Crippen molar-refractivity contribution in [1.29, 1.82) is 0 Å². The van der Waals surface area contributed by atoms with Crippen LogP contribution in [0.25, 0.3) is 0 Å². The van der Waals surface area contributed by atoms with Gasteiger partial charge in [-0.05, 0) is 45.0 Å². The lowest BCUT2D eigenvalue weighted by Gasteiger charge is -2.31. The van der Waals surface area contributed by atoms with Gasteiger partial charge in [0.2, 0.25) is 0 Å². The highest BCUT2D eigenvalue weighted by Gasteiger charge is 2.23. The second-order valence-corrected chi connectivity index (χ2v) is 5.68. The van der Waals surface area contributed by atoms with E-state index in [9.17, 15) is 4.79 Å². The molecule has 1 aliphatic heterocycles. The highest BCUT2D eigenvalue weighted by atomic mass is 35.5.